The zero-order chi connectivity index (χ0) is 24.0. The molecule has 3 fully saturated rings. The van der Waals surface area contributed by atoms with Crippen LogP contribution in [0.1, 0.15) is 65.4 Å². The van der Waals surface area contributed by atoms with Crippen molar-refractivity contribution >= 4 is 29.0 Å². The number of rotatable bonds is 6. The second kappa shape index (κ2) is 9.24. The van der Waals surface area contributed by atoms with Crippen molar-refractivity contribution in [1.29, 1.82) is 0 Å². The lowest BCUT2D eigenvalue weighted by Crippen LogP contribution is -2.42. The number of hydrogen-bond donors (Lipinski definition) is 3. The van der Waals surface area contributed by atoms with Crippen molar-refractivity contribution in [3.8, 4) is 10.4 Å². The molecule has 9 nitrogen and oxygen atoms in total. The maximum atomic E-state index is 13.7. The Labute approximate surface area is 202 Å². The van der Waals surface area contributed by atoms with Crippen LogP contribution in [0.25, 0.3) is 10.4 Å². The van der Waals surface area contributed by atoms with Gasteiger partial charge < -0.3 is 25.4 Å². The number of ether oxygens (including phenoxy) is 1. The normalized spacial score (nSPS) is 25.9. The van der Waals surface area contributed by atoms with Gasteiger partial charge in [0.25, 0.3) is 11.8 Å². The molecular weight excluding hydrogens is 454 g/mol. The fourth-order valence-corrected chi connectivity index (χ4v) is 6.23. The molecule has 34 heavy (non-hydrogen) atoms. The van der Waals surface area contributed by atoms with Crippen LogP contribution in [-0.2, 0) is 4.74 Å². The molecule has 3 N–H and O–H groups in total. The third-order valence-corrected chi connectivity index (χ3v) is 7.96. The molecule has 182 valence electrons. The number of aryl methyl sites for hydroxylation is 1. The quantitative estimate of drug-likeness (QED) is 0.576. The van der Waals surface area contributed by atoms with E-state index in [4.69, 9.17) is 4.74 Å². The number of nitrogens with zero attached hydrogens (tertiary/aromatic N) is 3. The Morgan fingerprint density at radius 1 is 1.21 bits per heavy atom. The zero-order valence-electron chi connectivity index (χ0n) is 19.7. The maximum Gasteiger partial charge on any atom is 0.280 e. The van der Waals surface area contributed by atoms with E-state index in [0.29, 0.717) is 10.6 Å². The van der Waals surface area contributed by atoms with E-state index in [1.54, 1.807) is 6.20 Å². The molecule has 10 heteroatoms. The second-order valence-corrected chi connectivity index (χ2v) is 10.7. The number of nitrogens with one attached hydrogen (secondary N) is 2. The van der Waals surface area contributed by atoms with Crippen LogP contribution in [0.5, 0.6) is 0 Å². The van der Waals surface area contributed by atoms with Gasteiger partial charge in [0.1, 0.15) is 11.5 Å². The molecule has 5 rings (SSSR count). The number of aromatic nitrogens is 2. The highest BCUT2D eigenvalue weighted by Gasteiger charge is 2.44. The first kappa shape index (κ1) is 23.2. The minimum absolute atomic E-state index is 0.108. The highest BCUT2D eigenvalue weighted by Crippen LogP contribution is 2.41. The Morgan fingerprint density at radius 3 is 2.50 bits per heavy atom. The SMILES string of the molecule is Cc1cc(NC(C)C)ncc1-c1sc(C(=O)N[C@H]2COC[C@H]2O)nc1C(=O)N1C2CCC1CC2. The number of fused-ring (bicyclic) bond motifs is 2. The summed E-state index contributed by atoms with van der Waals surface area (Å²) in [5.74, 6) is 0.246. The Bertz CT molecular complexity index is 1080. The number of thiazole rings is 1. The van der Waals surface area contributed by atoms with Crippen LogP contribution < -0.4 is 10.6 Å². The number of hydrogen-bond acceptors (Lipinski definition) is 8. The molecule has 0 spiro atoms. The van der Waals surface area contributed by atoms with E-state index in [2.05, 4.69) is 20.6 Å². The number of carbonyl (C=O) groups excluding carboxylic acids is 2. The van der Waals surface area contributed by atoms with Crippen molar-refractivity contribution in [2.75, 3.05) is 18.5 Å². The molecule has 0 aliphatic carbocycles. The van der Waals surface area contributed by atoms with Crippen LogP contribution in [0.4, 0.5) is 5.82 Å². The molecule has 3 aliphatic rings. The van der Waals surface area contributed by atoms with E-state index >= 15 is 0 Å². The average Bonchev–Trinajstić information content (AvgIpc) is 3.57. The van der Waals surface area contributed by atoms with Crippen molar-refractivity contribution in [2.24, 2.45) is 0 Å². The molecule has 2 aromatic heterocycles. The zero-order valence-corrected chi connectivity index (χ0v) is 20.5. The van der Waals surface area contributed by atoms with Gasteiger partial charge in [-0.05, 0) is 58.1 Å². The first-order valence-electron chi connectivity index (χ1n) is 12.0. The van der Waals surface area contributed by atoms with Crippen LogP contribution in [0.3, 0.4) is 0 Å². The van der Waals surface area contributed by atoms with Crippen LogP contribution in [0, 0.1) is 6.92 Å². The van der Waals surface area contributed by atoms with Gasteiger partial charge in [-0.15, -0.1) is 11.3 Å². The Morgan fingerprint density at radius 2 is 1.91 bits per heavy atom. The summed E-state index contributed by atoms with van der Waals surface area (Å²) >= 11 is 1.20. The lowest BCUT2D eigenvalue weighted by molar-refractivity contribution is 0.0725. The lowest BCUT2D eigenvalue weighted by atomic mass is 10.0. The first-order chi connectivity index (χ1) is 16.3. The Hall–Kier alpha value is -2.56. The minimum atomic E-state index is -0.753. The van der Waals surface area contributed by atoms with Crippen LogP contribution in [-0.4, -0.2) is 75.3 Å². The highest BCUT2D eigenvalue weighted by molar-refractivity contribution is 7.17. The second-order valence-electron chi connectivity index (χ2n) is 9.74. The smallest absolute Gasteiger partial charge is 0.280 e. The first-order valence-corrected chi connectivity index (χ1v) is 12.8. The number of aliphatic hydroxyl groups is 1. The van der Waals surface area contributed by atoms with Crippen molar-refractivity contribution < 1.29 is 19.4 Å². The summed E-state index contributed by atoms with van der Waals surface area (Å²) in [6, 6.07) is 2.22. The molecule has 0 unspecified atom stereocenters. The van der Waals surface area contributed by atoms with Gasteiger partial charge in [-0.3, -0.25) is 9.59 Å². The van der Waals surface area contributed by atoms with Gasteiger partial charge in [0.15, 0.2) is 5.01 Å². The molecule has 0 radical (unpaired) electrons. The number of aliphatic hydroxyl groups excluding tert-OH is 1. The molecule has 2 bridgehead atoms. The topological polar surface area (TPSA) is 117 Å². The summed E-state index contributed by atoms with van der Waals surface area (Å²) in [5, 5.41) is 16.3. The van der Waals surface area contributed by atoms with Gasteiger partial charge in [-0.2, -0.15) is 0 Å². The summed E-state index contributed by atoms with van der Waals surface area (Å²) < 4.78 is 5.24. The van der Waals surface area contributed by atoms with E-state index in [0.717, 1.165) is 42.6 Å². The molecule has 0 aromatic carbocycles. The Kier molecular flexibility index (Phi) is 6.30. The van der Waals surface area contributed by atoms with Crippen molar-refractivity contribution in [3.05, 3.63) is 28.5 Å². The van der Waals surface area contributed by atoms with Crippen LogP contribution >= 0.6 is 11.3 Å². The monoisotopic (exact) mass is 485 g/mol. The predicted molar refractivity (Wildman–Crippen MR) is 129 cm³/mol. The average molecular weight is 486 g/mol. The lowest BCUT2D eigenvalue weighted by Gasteiger charge is -2.21. The van der Waals surface area contributed by atoms with Gasteiger partial charge in [0.2, 0.25) is 0 Å². The van der Waals surface area contributed by atoms with Gasteiger partial charge in [0.05, 0.1) is 30.2 Å². The van der Waals surface area contributed by atoms with Crippen molar-refractivity contribution in [2.45, 2.75) is 76.7 Å². The molecule has 0 saturated carbocycles. The van der Waals surface area contributed by atoms with Crippen molar-refractivity contribution in [3.63, 3.8) is 0 Å². The molecule has 2 amide bonds. The van der Waals surface area contributed by atoms with Crippen molar-refractivity contribution in [1.82, 2.24) is 20.2 Å². The third-order valence-electron chi connectivity index (χ3n) is 6.87. The number of carbonyl (C=O) groups is 2. The summed E-state index contributed by atoms with van der Waals surface area (Å²) in [4.78, 5) is 38.4. The van der Waals surface area contributed by atoms with E-state index in [-0.39, 0.29) is 42.3 Å². The summed E-state index contributed by atoms with van der Waals surface area (Å²) in [5.41, 5.74) is 2.06. The van der Waals surface area contributed by atoms with E-state index in [9.17, 15) is 14.7 Å². The van der Waals surface area contributed by atoms with E-state index in [1.807, 2.05) is 31.7 Å². The standard InChI is InChI=1S/C24H31N5O4S/c1-12(2)26-19-8-13(3)16(9-25-19)21-20(24(32)29-14-4-5-15(29)7-6-14)28-23(34-21)22(31)27-17-10-33-11-18(17)30/h8-9,12,14-15,17-18,30H,4-7,10-11H2,1-3H3,(H,25,26)(H,27,31)/t14?,15?,17-,18+/m0/s1. The van der Waals surface area contributed by atoms with E-state index in [1.165, 1.54) is 11.3 Å². The fourth-order valence-electron chi connectivity index (χ4n) is 5.19. The molecule has 3 saturated heterocycles. The number of anilines is 1. The summed E-state index contributed by atoms with van der Waals surface area (Å²) in [6.07, 6.45) is 5.10. The van der Waals surface area contributed by atoms with Crippen LogP contribution in [0.2, 0.25) is 0 Å². The predicted octanol–water partition coefficient (Wildman–Crippen LogP) is 2.59. The van der Waals surface area contributed by atoms with Gasteiger partial charge in [-0.25, -0.2) is 9.97 Å². The molecule has 5 heterocycles. The third kappa shape index (κ3) is 4.30. The van der Waals surface area contributed by atoms with E-state index < -0.39 is 18.1 Å². The summed E-state index contributed by atoms with van der Waals surface area (Å²) in [7, 11) is 0. The molecular formula is C24H31N5O4S. The van der Waals surface area contributed by atoms with Gasteiger partial charge in [-0.1, -0.05) is 0 Å². The minimum Gasteiger partial charge on any atom is -0.388 e. The summed E-state index contributed by atoms with van der Waals surface area (Å²) in [6.45, 7) is 6.51. The number of amides is 2. The number of pyridine rings is 1. The molecule has 2 atom stereocenters. The fraction of sp³-hybridized carbons (Fsp3) is 0.583. The van der Waals surface area contributed by atoms with Crippen LogP contribution in [0.15, 0.2) is 12.3 Å². The Balaban J connectivity index is 1.50. The maximum absolute atomic E-state index is 13.7. The molecule has 2 aromatic rings. The highest BCUT2D eigenvalue weighted by atomic mass is 32.1. The molecule has 3 aliphatic heterocycles. The largest absolute Gasteiger partial charge is 0.388 e. The van der Waals surface area contributed by atoms with Gasteiger partial charge in [0, 0.05) is 29.9 Å². The van der Waals surface area contributed by atoms with Gasteiger partial charge >= 0.3 is 0 Å².